The fourth-order valence-electron chi connectivity index (χ4n) is 1.76. The van der Waals surface area contributed by atoms with Crippen molar-refractivity contribution in [3.63, 3.8) is 0 Å². The SMILES string of the molecule is CC(C)=CCNc1ncnc2ccc(S(C)(=O)=O)cc12. The molecule has 0 aliphatic rings. The Labute approximate surface area is 118 Å². The maximum Gasteiger partial charge on any atom is 0.175 e. The van der Waals surface area contributed by atoms with Crippen LogP contribution in [0.5, 0.6) is 0 Å². The van der Waals surface area contributed by atoms with Crippen molar-refractivity contribution in [2.75, 3.05) is 18.1 Å². The molecule has 6 heteroatoms. The molecule has 0 saturated heterocycles. The largest absolute Gasteiger partial charge is 0.366 e. The highest BCUT2D eigenvalue weighted by molar-refractivity contribution is 7.90. The Hall–Kier alpha value is -1.95. The molecule has 2 rings (SSSR count). The van der Waals surface area contributed by atoms with Crippen LogP contribution in [0, 0.1) is 0 Å². The van der Waals surface area contributed by atoms with Crippen LogP contribution in [0.2, 0.25) is 0 Å². The van der Waals surface area contributed by atoms with E-state index in [1.807, 2.05) is 19.9 Å². The standard InChI is InChI=1S/C14H17N3O2S/c1-10(2)6-7-15-14-12-8-11(20(3,18)19)4-5-13(12)16-9-17-14/h4-6,8-9H,7H2,1-3H3,(H,15,16,17). The first-order chi connectivity index (χ1) is 9.38. The van der Waals surface area contributed by atoms with E-state index in [0.29, 0.717) is 23.3 Å². The fraction of sp³-hybridized carbons (Fsp3) is 0.286. The van der Waals surface area contributed by atoms with Crippen LogP contribution in [0.4, 0.5) is 5.82 Å². The van der Waals surface area contributed by atoms with Crippen molar-refractivity contribution < 1.29 is 8.42 Å². The minimum atomic E-state index is -3.24. The summed E-state index contributed by atoms with van der Waals surface area (Å²) in [6.45, 7) is 4.67. The topological polar surface area (TPSA) is 72.0 Å². The van der Waals surface area contributed by atoms with Crippen LogP contribution in [-0.2, 0) is 9.84 Å². The van der Waals surface area contributed by atoms with E-state index in [1.54, 1.807) is 18.2 Å². The van der Waals surface area contributed by atoms with Crippen LogP contribution < -0.4 is 5.32 Å². The lowest BCUT2D eigenvalue weighted by Crippen LogP contribution is -2.03. The van der Waals surface area contributed by atoms with Crippen molar-refractivity contribution in [3.05, 3.63) is 36.2 Å². The van der Waals surface area contributed by atoms with Gasteiger partial charge in [0.1, 0.15) is 12.1 Å². The number of benzene rings is 1. The third-order valence-corrected chi connectivity index (χ3v) is 3.93. The summed E-state index contributed by atoms with van der Waals surface area (Å²) < 4.78 is 23.2. The second kappa shape index (κ2) is 5.58. The maximum absolute atomic E-state index is 11.6. The van der Waals surface area contributed by atoms with E-state index >= 15 is 0 Å². The van der Waals surface area contributed by atoms with Crippen LogP contribution >= 0.6 is 0 Å². The minimum Gasteiger partial charge on any atom is -0.366 e. The molecule has 1 aromatic heterocycles. The molecule has 0 bridgehead atoms. The predicted molar refractivity (Wildman–Crippen MR) is 80.6 cm³/mol. The molecule has 0 fully saturated rings. The minimum absolute atomic E-state index is 0.269. The van der Waals surface area contributed by atoms with Crippen LogP contribution in [-0.4, -0.2) is 31.2 Å². The van der Waals surface area contributed by atoms with Crippen molar-refractivity contribution in [3.8, 4) is 0 Å². The van der Waals surface area contributed by atoms with Crippen LogP contribution in [0.25, 0.3) is 10.9 Å². The zero-order valence-electron chi connectivity index (χ0n) is 11.7. The second-order valence-corrected chi connectivity index (χ2v) is 6.85. The Balaban J connectivity index is 2.46. The molecule has 0 saturated carbocycles. The third kappa shape index (κ3) is 3.33. The molecule has 0 amide bonds. The van der Waals surface area contributed by atoms with E-state index in [1.165, 1.54) is 18.2 Å². The summed E-state index contributed by atoms with van der Waals surface area (Å²) in [5, 5.41) is 3.88. The van der Waals surface area contributed by atoms with Gasteiger partial charge in [-0.1, -0.05) is 11.6 Å². The highest BCUT2D eigenvalue weighted by Crippen LogP contribution is 2.22. The number of anilines is 1. The highest BCUT2D eigenvalue weighted by atomic mass is 32.2. The van der Waals surface area contributed by atoms with Crippen LogP contribution in [0.1, 0.15) is 13.8 Å². The summed E-state index contributed by atoms with van der Waals surface area (Å²) in [4.78, 5) is 8.60. The van der Waals surface area contributed by atoms with Gasteiger partial charge in [-0.3, -0.25) is 0 Å². The average Bonchev–Trinajstić information content (AvgIpc) is 2.37. The van der Waals surface area contributed by atoms with Gasteiger partial charge >= 0.3 is 0 Å². The van der Waals surface area contributed by atoms with Crippen molar-refractivity contribution in [2.24, 2.45) is 0 Å². The van der Waals surface area contributed by atoms with Gasteiger partial charge in [0.2, 0.25) is 0 Å². The first kappa shape index (κ1) is 14.5. The molecule has 1 heterocycles. The zero-order valence-corrected chi connectivity index (χ0v) is 12.5. The lowest BCUT2D eigenvalue weighted by Gasteiger charge is -2.07. The smallest absolute Gasteiger partial charge is 0.175 e. The van der Waals surface area contributed by atoms with Gasteiger partial charge < -0.3 is 5.32 Å². The molecule has 20 heavy (non-hydrogen) atoms. The predicted octanol–water partition coefficient (Wildman–Crippen LogP) is 2.41. The van der Waals surface area contributed by atoms with Crippen molar-refractivity contribution in [1.29, 1.82) is 0 Å². The zero-order chi connectivity index (χ0) is 14.8. The van der Waals surface area contributed by atoms with E-state index in [2.05, 4.69) is 15.3 Å². The molecule has 1 aromatic carbocycles. The van der Waals surface area contributed by atoms with Gasteiger partial charge in [0.15, 0.2) is 9.84 Å². The number of hydrogen-bond donors (Lipinski definition) is 1. The molecule has 0 atom stereocenters. The molecule has 0 aliphatic carbocycles. The fourth-order valence-corrected chi connectivity index (χ4v) is 2.41. The second-order valence-electron chi connectivity index (χ2n) is 4.84. The highest BCUT2D eigenvalue weighted by Gasteiger charge is 2.10. The Morgan fingerprint density at radius 1 is 1.30 bits per heavy atom. The number of nitrogens with one attached hydrogen (secondary N) is 1. The number of fused-ring (bicyclic) bond motifs is 1. The summed E-state index contributed by atoms with van der Waals surface area (Å²) in [5.41, 5.74) is 1.92. The van der Waals surface area contributed by atoms with Crippen molar-refractivity contribution >= 4 is 26.6 Å². The van der Waals surface area contributed by atoms with E-state index in [9.17, 15) is 8.42 Å². The van der Waals surface area contributed by atoms with Crippen LogP contribution in [0.15, 0.2) is 41.1 Å². The summed E-state index contributed by atoms with van der Waals surface area (Å²) in [7, 11) is -3.24. The van der Waals surface area contributed by atoms with Gasteiger partial charge in [0.05, 0.1) is 10.4 Å². The van der Waals surface area contributed by atoms with E-state index in [0.717, 1.165) is 0 Å². The van der Waals surface area contributed by atoms with Gasteiger partial charge in [-0.05, 0) is 32.0 Å². The van der Waals surface area contributed by atoms with Crippen molar-refractivity contribution in [2.45, 2.75) is 18.7 Å². The lowest BCUT2D eigenvalue weighted by atomic mass is 10.2. The summed E-state index contributed by atoms with van der Waals surface area (Å²) >= 11 is 0. The van der Waals surface area contributed by atoms with E-state index in [4.69, 9.17) is 0 Å². The van der Waals surface area contributed by atoms with Gasteiger partial charge in [-0.25, -0.2) is 18.4 Å². The molecule has 0 unspecified atom stereocenters. The molecule has 1 N–H and O–H groups in total. The molecule has 2 aromatic rings. The van der Waals surface area contributed by atoms with E-state index < -0.39 is 9.84 Å². The maximum atomic E-state index is 11.6. The van der Waals surface area contributed by atoms with Gasteiger partial charge in [-0.2, -0.15) is 0 Å². The lowest BCUT2D eigenvalue weighted by molar-refractivity contribution is 0.602. The molecule has 106 valence electrons. The monoisotopic (exact) mass is 291 g/mol. The first-order valence-corrected chi connectivity index (χ1v) is 8.09. The number of rotatable bonds is 4. The average molecular weight is 291 g/mol. The first-order valence-electron chi connectivity index (χ1n) is 6.20. The van der Waals surface area contributed by atoms with Gasteiger partial charge in [-0.15, -0.1) is 0 Å². The number of hydrogen-bond acceptors (Lipinski definition) is 5. The number of allylic oxidation sites excluding steroid dienone is 1. The van der Waals surface area contributed by atoms with E-state index in [-0.39, 0.29) is 4.90 Å². The summed E-state index contributed by atoms with van der Waals surface area (Å²) in [6, 6.07) is 4.86. The molecular weight excluding hydrogens is 274 g/mol. The Bertz CT molecular complexity index is 763. The van der Waals surface area contributed by atoms with Crippen LogP contribution in [0.3, 0.4) is 0 Å². The Morgan fingerprint density at radius 3 is 2.70 bits per heavy atom. The summed E-state index contributed by atoms with van der Waals surface area (Å²) in [5.74, 6) is 0.637. The Kier molecular flexibility index (Phi) is 4.04. The molecule has 0 spiro atoms. The number of nitrogens with zero attached hydrogens (tertiary/aromatic N) is 2. The van der Waals surface area contributed by atoms with Gasteiger partial charge in [0, 0.05) is 18.2 Å². The molecule has 0 radical (unpaired) electrons. The number of sulfone groups is 1. The van der Waals surface area contributed by atoms with Gasteiger partial charge in [0.25, 0.3) is 0 Å². The third-order valence-electron chi connectivity index (χ3n) is 2.81. The summed E-state index contributed by atoms with van der Waals surface area (Å²) in [6.07, 6.45) is 4.69. The quantitative estimate of drug-likeness (QED) is 0.876. The normalized spacial score (nSPS) is 11.3. The van der Waals surface area contributed by atoms with Crippen molar-refractivity contribution in [1.82, 2.24) is 9.97 Å². The Morgan fingerprint density at radius 2 is 2.05 bits per heavy atom. The number of aromatic nitrogens is 2. The molecule has 5 nitrogen and oxygen atoms in total. The molecule has 0 aliphatic heterocycles. The molecular formula is C14H17N3O2S.